The maximum atomic E-state index is 11.7. The molecule has 1 aromatic rings. The zero-order valence-electron chi connectivity index (χ0n) is 9.76. The van der Waals surface area contributed by atoms with Crippen molar-refractivity contribution in [1.29, 1.82) is 0 Å². The lowest BCUT2D eigenvalue weighted by Gasteiger charge is -2.15. The molecular formula is C12H15N3O2S. The van der Waals surface area contributed by atoms with E-state index in [0.29, 0.717) is 12.3 Å². The average Bonchev–Trinajstić information content (AvgIpc) is 2.83. The molecule has 0 spiro atoms. The number of amides is 2. The van der Waals surface area contributed by atoms with Crippen molar-refractivity contribution in [2.24, 2.45) is 5.73 Å². The lowest BCUT2D eigenvalue weighted by molar-refractivity contribution is -0.122. The predicted molar refractivity (Wildman–Crippen MR) is 71.2 cm³/mol. The van der Waals surface area contributed by atoms with E-state index in [1.807, 2.05) is 30.3 Å². The zero-order chi connectivity index (χ0) is 13.0. The smallest absolute Gasteiger partial charge is 0.279 e. The Kier molecular flexibility index (Phi) is 4.22. The van der Waals surface area contributed by atoms with Crippen molar-refractivity contribution in [3.05, 3.63) is 35.9 Å². The number of benzene rings is 1. The molecule has 2 amide bonds. The van der Waals surface area contributed by atoms with Gasteiger partial charge in [0, 0.05) is 18.3 Å². The van der Waals surface area contributed by atoms with Crippen molar-refractivity contribution in [2.75, 3.05) is 12.3 Å². The average molecular weight is 265 g/mol. The number of rotatable bonds is 4. The molecule has 18 heavy (non-hydrogen) atoms. The molecule has 1 fully saturated rings. The van der Waals surface area contributed by atoms with Gasteiger partial charge in [0.1, 0.15) is 6.04 Å². The number of carbonyl (C=O) groups is 2. The van der Waals surface area contributed by atoms with Gasteiger partial charge in [-0.1, -0.05) is 42.1 Å². The molecule has 2 rings (SSSR count). The topological polar surface area (TPSA) is 84.2 Å². The minimum atomic E-state index is -0.439. The summed E-state index contributed by atoms with van der Waals surface area (Å²) in [5.74, 6) is 0.297. The maximum Gasteiger partial charge on any atom is 0.279 e. The normalized spacial score (nSPS) is 20.3. The molecular weight excluding hydrogens is 250 g/mol. The summed E-state index contributed by atoms with van der Waals surface area (Å²) in [6.45, 7) is 0.361. The van der Waals surface area contributed by atoms with Crippen LogP contribution in [0.25, 0.3) is 0 Å². The fourth-order valence-corrected chi connectivity index (χ4v) is 2.46. The van der Waals surface area contributed by atoms with Gasteiger partial charge in [0.2, 0.25) is 5.91 Å². The molecule has 0 radical (unpaired) electrons. The minimum absolute atomic E-state index is 0.150. The highest BCUT2D eigenvalue weighted by atomic mass is 32.2. The Morgan fingerprint density at radius 1 is 1.50 bits per heavy atom. The first-order chi connectivity index (χ1) is 8.66. The quantitative estimate of drug-likeness (QED) is 0.745. The third kappa shape index (κ3) is 3.24. The predicted octanol–water partition coefficient (Wildman–Crippen LogP) is 0.628. The number of hydrogen-bond donors (Lipinski definition) is 3. The summed E-state index contributed by atoms with van der Waals surface area (Å²) >= 11 is 1.12. The summed E-state index contributed by atoms with van der Waals surface area (Å²) in [6.07, 6.45) is 0. The number of carbonyl (C=O) groups excluding carboxylic acids is 2. The van der Waals surface area contributed by atoms with Crippen LogP contribution in [-0.4, -0.2) is 29.5 Å². The Hall–Kier alpha value is -1.53. The third-order valence-electron chi connectivity index (χ3n) is 2.71. The molecule has 1 heterocycles. The van der Waals surface area contributed by atoms with Gasteiger partial charge in [0.25, 0.3) is 5.24 Å². The van der Waals surface area contributed by atoms with Crippen molar-refractivity contribution >= 4 is 22.9 Å². The van der Waals surface area contributed by atoms with Crippen LogP contribution in [0.5, 0.6) is 0 Å². The molecule has 0 saturated carbocycles. The molecule has 4 N–H and O–H groups in total. The summed E-state index contributed by atoms with van der Waals surface area (Å²) in [5.41, 5.74) is 6.94. The first-order valence-corrected chi connectivity index (χ1v) is 6.67. The van der Waals surface area contributed by atoms with Gasteiger partial charge in [-0.3, -0.25) is 9.59 Å². The molecule has 1 aromatic carbocycles. The summed E-state index contributed by atoms with van der Waals surface area (Å²) in [6, 6.07) is 8.90. The van der Waals surface area contributed by atoms with Gasteiger partial charge in [0.05, 0.1) is 0 Å². The fourth-order valence-electron chi connectivity index (χ4n) is 1.68. The second-order valence-corrected chi connectivity index (χ2v) is 5.05. The molecule has 2 unspecified atom stereocenters. The Bertz CT molecular complexity index is 438. The molecule has 1 aliphatic heterocycles. The van der Waals surface area contributed by atoms with Crippen LogP contribution in [0.1, 0.15) is 11.6 Å². The van der Waals surface area contributed by atoms with Crippen molar-refractivity contribution in [2.45, 2.75) is 12.1 Å². The summed E-state index contributed by atoms with van der Waals surface area (Å²) in [4.78, 5) is 22.7. The first kappa shape index (κ1) is 12.9. The molecule has 2 atom stereocenters. The Morgan fingerprint density at radius 2 is 2.22 bits per heavy atom. The molecule has 5 nitrogen and oxygen atoms in total. The highest BCUT2D eigenvalue weighted by molar-refractivity contribution is 8.14. The molecule has 6 heteroatoms. The molecule has 0 bridgehead atoms. The molecule has 96 valence electrons. The van der Waals surface area contributed by atoms with E-state index in [9.17, 15) is 9.59 Å². The van der Waals surface area contributed by atoms with Crippen LogP contribution in [0.15, 0.2) is 30.3 Å². The highest BCUT2D eigenvalue weighted by Crippen LogP contribution is 2.13. The number of nitrogens with two attached hydrogens (primary N) is 1. The van der Waals surface area contributed by atoms with Crippen LogP contribution in [-0.2, 0) is 4.79 Å². The van der Waals surface area contributed by atoms with E-state index in [-0.39, 0.29) is 17.2 Å². The largest absolute Gasteiger partial charge is 0.352 e. The number of thioether (sulfide) groups is 1. The van der Waals surface area contributed by atoms with Gasteiger partial charge < -0.3 is 16.4 Å². The van der Waals surface area contributed by atoms with E-state index >= 15 is 0 Å². The molecule has 0 aliphatic carbocycles. The molecule has 1 aliphatic rings. The Labute approximate surface area is 110 Å². The summed E-state index contributed by atoms with van der Waals surface area (Å²) < 4.78 is 0. The fraction of sp³-hybridized carbons (Fsp3) is 0.333. The summed E-state index contributed by atoms with van der Waals surface area (Å²) in [7, 11) is 0. The van der Waals surface area contributed by atoms with Crippen LogP contribution in [0.3, 0.4) is 0 Å². The molecule has 1 saturated heterocycles. The minimum Gasteiger partial charge on any atom is -0.352 e. The van der Waals surface area contributed by atoms with Gasteiger partial charge in [-0.15, -0.1) is 0 Å². The van der Waals surface area contributed by atoms with E-state index in [1.54, 1.807) is 0 Å². The highest BCUT2D eigenvalue weighted by Gasteiger charge is 2.27. The van der Waals surface area contributed by atoms with Crippen molar-refractivity contribution in [3.8, 4) is 0 Å². The number of nitrogens with one attached hydrogen (secondary N) is 2. The maximum absolute atomic E-state index is 11.7. The van der Waals surface area contributed by atoms with Crippen LogP contribution in [0.2, 0.25) is 0 Å². The SMILES string of the molecule is NC(CNC(=O)C1CSC(=O)N1)c1ccccc1. The first-order valence-electron chi connectivity index (χ1n) is 5.68. The van der Waals surface area contributed by atoms with E-state index < -0.39 is 6.04 Å². The van der Waals surface area contributed by atoms with Gasteiger partial charge in [0.15, 0.2) is 0 Å². The van der Waals surface area contributed by atoms with Crippen LogP contribution >= 0.6 is 11.8 Å². The monoisotopic (exact) mass is 265 g/mol. The van der Waals surface area contributed by atoms with Gasteiger partial charge in [-0.2, -0.15) is 0 Å². The van der Waals surface area contributed by atoms with E-state index in [2.05, 4.69) is 10.6 Å². The second kappa shape index (κ2) is 5.88. The number of hydrogen-bond acceptors (Lipinski definition) is 4. The van der Waals surface area contributed by atoms with Crippen molar-refractivity contribution in [3.63, 3.8) is 0 Å². The van der Waals surface area contributed by atoms with Crippen LogP contribution < -0.4 is 16.4 Å². The van der Waals surface area contributed by atoms with E-state index in [4.69, 9.17) is 5.73 Å². The lowest BCUT2D eigenvalue weighted by atomic mass is 10.1. The Balaban J connectivity index is 1.81. The van der Waals surface area contributed by atoms with E-state index in [1.165, 1.54) is 0 Å². The Morgan fingerprint density at radius 3 is 2.83 bits per heavy atom. The van der Waals surface area contributed by atoms with Gasteiger partial charge in [-0.25, -0.2) is 0 Å². The molecule has 0 aromatic heterocycles. The van der Waals surface area contributed by atoms with Crippen molar-refractivity contribution in [1.82, 2.24) is 10.6 Å². The second-order valence-electron chi connectivity index (χ2n) is 4.06. The third-order valence-corrected chi connectivity index (χ3v) is 3.59. The van der Waals surface area contributed by atoms with Crippen LogP contribution in [0.4, 0.5) is 4.79 Å². The van der Waals surface area contributed by atoms with Gasteiger partial charge >= 0.3 is 0 Å². The van der Waals surface area contributed by atoms with Crippen LogP contribution in [0, 0.1) is 0 Å². The standard InChI is InChI=1S/C12H15N3O2S/c13-9(8-4-2-1-3-5-8)6-14-11(16)10-7-18-12(17)15-10/h1-5,9-10H,6-7,13H2,(H,14,16)(H,15,17). The van der Waals surface area contributed by atoms with Crippen molar-refractivity contribution < 1.29 is 9.59 Å². The lowest BCUT2D eigenvalue weighted by Crippen LogP contribution is -2.44. The zero-order valence-corrected chi connectivity index (χ0v) is 10.6. The summed E-state index contributed by atoms with van der Waals surface area (Å²) in [5, 5.41) is 5.19. The van der Waals surface area contributed by atoms with E-state index in [0.717, 1.165) is 17.3 Å². The van der Waals surface area contributed by atoms with Gasteiger partial charge in [-0.05, 0) is 5.56 Å².